The van der Waals surface area contributed by atoms with Crippen molar-refractivity contribution in [3.05, 3.63) is 6.42 Å². The molecular weight excluding hydrogens is 200 g/mol. The van der Waals surface area contributed by atoms with Crippen molar-refractivity contribution in [3.63, 3.8) is 0 Å². The van der Waals surface area contributed by atoms with Crippen molar-refractivity contribution in [1.82, 2.24) is 0 Å². The molecule has 0 heterocycles. The van der Waals surface area contributed by atoms with Crippen LogP contribution in [0.2, 0.25) is 0 Å². The molecule has 1 radical (unpaired) electrons. The van der Waals surface area contributed by atoms with Crippen LogP contribution in [-0.2, 0) is 9.47 Å². The van der Waals surface area contributed by atoms with Gasteiger partial charge in [-0.05, 0) is 19.8 Å². The summed E-state index contributed by atoms with van der Waals surface area (Å²) in [4.78, 5) is 0. The Kier molecular flexibility index (Phi) is 11.4. The Morgan fingerprint density at radius 1 is 1.25 bits per heavy atom. The molecular formula is C14H21O2. The van der Waals surface area contributed by atoms with Gasteiger partial charge in [-0.3, -0.25) is 0 Å². The zero-order chi connectivity index (χ0) is 12.1. The van der Waals surface area contributed by atoms with Crippen LogP contribution < -0.4 is 0 Å². The molecule has 0 saturated heterocycles. The smallest absolute Gasteiger partial charge is 0.120 e. The second-order valence-electron chi connectivity index (χ2n) is 3.44. The monoisotopic (exact) mass is 221 g/mol. The summed E-state index contributed by atoms with van der Waals surface area (Å²) in [5.41, 5.74) is 0. The highest BCUT2D eigenvalue weighted by molar-refractivity contribution is 5.02. The average molecular weight is 221 g/mol. The van der Waals surface area contributed by atoms with Gasteiger partial charge in [-0.15, -0.1) is 5.92 Å². The quantitative estimate of drug-likeness (QED) is 0.440. The maximum Gasteiger partial charge on any atom is 0.120 e. The molecule has 0 aromatic carbocycles. The topological polar surface area (TPSA) is 18.5 Å². The van der Waals surface area contributed by atoms with Crippen LogP contribution in [0.15, 0.2) is 0 Å². The summed E-state index contributed by atoms with van der Waals surface area (Å²) in [5.74, 6) is 8.13. The van der Waals surface area contributed by atoms with Gasteiger partial charge in [-0.1, -0.05) is 25.2 Å². The standard InChI is InChI=1S/C14H21O2/c1-4-7-11-15-13-10-14(9-6-3)16-12-8-5-2/h14H,4,7-8,10-13H2,1,3H3. The van der Waals surface area contributed by atoms with E-state index in [2.05, 4.69) is 24.7 Å². The van der Waals surface area contributed by atoms with E-state index in [9.17, 15) is 0 Å². The molecule has 1 atom stereocenters. The van der Waals surface area contributed by atoms with Gasteiger partial charge in [0.1, 0.15) is 6.10 Å². The molecule has 16 heavy (non-hydrogen) atoms. The summed E-state index contributed by atoms with van der Waals surface area (Å²) < 4.78 is 11.0. The molecule has 0 aliphatic heterocycles. The first-order valence-corrected chi connectivity index (χ1v) is 5.86. The van der Waals surface area contributed by atoms with E-state index < -0.39 is 0 Å². The first-order valence-electron chi connectivity index (χ1n) is 5.86. The molecule has 0 N–H and O–H groups in total. The molecule has 2 heteroatoms. The van der Waals surface area contributed by atoms with Crippen molar-refractivity contribution in [2.75, 3.05) is 19.8 Å². The second-order valence-corrected chi connectivity index (χ2v) is 3.44. The van der Waals surface area contributed by atoms with Crippen molar-refractivity contribution in [1.29, 1.82) is 0 Å². The lowest BCUT2D eigenvalue weighted by Gasteiger charge is -2.11. The van der Waals surface area contributed by atoms with Gasteiger partial charge in [0.2, 0.25) is 0 Å². The van der Waals surface area contributed by atoms with Gasteiger partial charge in [0.15, 0.2) is 0 Å². The fraction of sp³-hybridized carbons (Fsp3) is 0.714. The van der Waals surface area contributed by atoms with Gasteiger partial charge in [0.05, 0.1) is 6.61 Å². The van der Waals surface area contributed by atoms with Crippen molar-refractivity contribution in [2.24, 2.45) is 0 Å². The minimum atomic E-state index is -0.0695. The van der Waals surface area contributed by atoms with Crippen LogP contribution in [0.25, 0.3) is 0 Å². The lowest BCUT2D eigenvalue weighted by Crippen LogP contribution is -2.14. The van der Waals surface area contributed by atoms with Gasteiger partial charge in [-0.25, -0.2) is 0 Å². The molecule has 0 aromatic heterocycles. The molecule has 0 bridgehead atoms. The molecule has 0 aromatic rings. The SMILES string of the molecule is [C]#CCCOC(C#CC)CCOCCCC. The summed E-state index contributed by atoms with van der Waals surface area (Å²) in [7, 11) is 0. The lowest BCUT2D eigenvalue weighted by atomic mass is 10.2. The molecule has 0 fully saturated rings. The number of hydrogen-bond donors (Lipinski definition) is 0. The average Bonchev–Trinajstić information content (AvgIpc) is 2.29. The van der Waals surface area contributed by atoms with E-state index in [1.165, 1.54) is 0 Å². The Bertz CT molecular complexity index is 242. The maximum absolute atomic E-state index is 6.77. The fourth-order valence-corrected chi connectivity index (χ4v) is 1.15. The van der Waals surface area contributed by atoms with Crippen LogP contribution in [0.4, 0.5) is 0 Å². The summed E-state index contributed by atoms with van der Waals surface area (Å²) in [5, 5.41) is 0. The number of ether oxygens (including phenoxy) is 2. The van der Waals surface area contributed by atoms with Gasteiger partial charge in [-0.2, -0.15) is 0 Å². The predicted molar refractivity (Wildman–Crippen MR) is 65.3 cm³/mol. The Labute approximate surface area is 99.7 Å². The Hall–Kier alpha value is -0.960. The van der Waals surface area contributed by atoms with Gasteiger partial charge in [0.25, 0.3) is 0 Å². The molecule has 1 unspecified atom stereocenters. The highest BCUT2D eigenvalue weighted by Crippen LogP contribution is 2.00. The van der Waals surface area contributed by atoms with E-state index in [4.69, 9.17) is 15.9 Å². The minimum Gasteiger partial charge on any atom is -0.381 e. The Morgan fingerprint density at radius 2 is 2.06 bits per heavy atom. The summed E-state index contributed by atoms with van der Waals surface area (Å²) in [6.07, 6.45) is 10.3. The van der Waals surface area contributed by atoms with E-state index in [0.29, 0.717) is 19.6 Å². The summed E-state index contributed by atoms with van der Waals surface area (Å²) in [6.45, 7) is 5.96. The van der Waals surface area contributed by atoms with E-state index in [1.807, 2.05) is 0 Å². The number of hydrogen-bond acceptors (Lipinski definition) is 2. The molecule has 89 valence electrons. The van der Waals surface area contributed by atoms with Crippen LogP contribution in [0.5, 0.6) is 0 Å². The summed E-state index contributed by atoms with van der Waals surface area (Å²) in [6, 6.07) is 0. The molecule has 2 nitrogen and oxygen atoms in total. The molecule has 0 spiro atoms. The maximum atomic E-state index is 6.77. The van der Waals surface area contributed by atoms with Crippen LogP contribution in [-0.4, -0.2) is 25.9 Å². The predicted octanol–water partition coefficient (Wildman–Crippen LogP) is 2.58. The largest absolute Gasteiger partial charge is 0.381 e. The minimum absolute atomic E-state index is 0.0695. The molecule has 0 aliphatic carbocycles. The Balaban J connectivity index is 3.59. The number of unbranched alkanes of at least 4 members (excludes halogenated alkanes) is 1. The van der Waals surface area contributed by atoms with Crippen molar-refractivity contribution in [3.8, 4) is 17.8 Å². The first-order chi connectivity index (χ1) is 7.85. The zero-order valence-electron chi connectivity index (χ0n) is 10.3. The van der Waals surface area contributed by atoms with E-state index in [-0.39, 0.29) is 6.10 Å². The van der Waals surface area contributed by atoms with Crippen LogP contribution in [0, 0.1) is 24.2 Å². The van der Waals surface area contributed by atoms with Crippen molar-refractivity contribution in [2.45, 2.75) is 45.6 Å². The zero-order valence-corrected chi connectivity index (χ0v) is 10.3. The van der Waals surface area contributed by atoms with Gasteiger partial charge >= 0.3 is 0 Å². The van der Waals surface area contributed by atoms with E-state index in [1.54, 1.807) is 6.92 Å². The number of rotatable bonds is 9. The van der Waals surface area contributed by atoms with Crippen molar-refractivity contribution >= 4 is 0 Å². The fourth-order valence-electron chi connectivity index (χ4n) is 1.15. The molecule has 0 rings (SSSR count). The van der Waals surface area contributed by atoms with E-state index in [0.717, 1.165) is 25.9 Å². The van der Waals surface area contributed by atoms with Crippen LogP contribution >= 0.6 is 0 Å². The molecule has 0 amide bonds. The highest BCUT2D eigenvalue weighted by Gasteiger charge is 2.04. The normalized spacial score (nSPS) is 11.3. The lowest BCUT2D eigenvalue weighted by molar-refractivity contribution is 0.0533. The summed E-state index contributed by atoms with van der Waals surface area (Å²) >= 11 is 0. The first kappa shape index (κ1) is 15.0. The molecule has 0 aliphatic rings. The van der Waals surface area contributed by atoms with Gasteiger partial charge in [0, 0.05) is 26.1 Å². The highest BCUT2D eigenvalue weighted by atomic mass is 16.5. The Morgan fingerprint density at radius 3 is 2.69 bits per heavy atom. The third-order valence-corrected chi connectivity index (χ3v) is 2.02. The third-order valence-electron chi connectivity index (χ3n) is 2.02. The third kappa shape index (κ3) is 9.59. The van der Waals surface area contributed by atoms with Crippen molar-refractivity contribution < 1.29 is 9.47 Å². The molecule has 0 saturated carbocycles. The second kappa shape index (κ2) is 12.1. The van der Waals surface area contributed by atoms with Crippen LogP contribution in [0.1, 0.15) is 39.5 Å². The van der Waals surface area contributed by atoms with Gasteiger partial charge < -0.3 is 9.47 Å². The van der Waals surface area contributed by atoms with Crippen LogP contribution in [0.3, 0.4) is 0 Å². The van der Waals surface area contributed by atoms with E-state index >= 15 is 0 Å².